The maximum absolute atomic E-state index is 13.8. The first-order valence-corrected chi connectivity index (χ1v) is 11.8. The second kappa shape index (κ2) is 12.0. The van der Waals surface area contributed by atoms with E-state index >= 15 is 0 Å². The van der Waals surface area contributed by atoms with Crippen molar-refractivity contribution < 1.29 is 18.4 Å². The van der Waals surface area contributed by atoms with Crippen LogP contribution in [0.3, 0.4) is 0 Å². The fraction of sp³-hybridized carbons (Fsp3) is 0.435. The van der Waals surface area contributed by atoms with Crippen molar-refractivity contribution in [2.45, 2.75) is 58.7 Å². The molecule has 0 unspecified atom stereocenters. The van der Waals surface area contributed by atoms with Crippen molar-refractivity contribution >= 4 is 13.9 Å². The normalized spacial score (nSPS) is 13.9. The Kier molecular flexibility index (Phi) is 9.75. The first-order valence-electron chi connectivity index (χ1n) is 10.1. The summed E-state index contributed by atoms with van der Waals surface area (Å²) in [4.78, 5) is 11.5. The summed E-state index contributed by atoms with van der Waals surface area (Å²) in [5, 5.41) is 3.22. The van der Waals surface area contributed by atoms with Gasteiger partial charge < -0.3 is 13.8 Å². The summed E-state index contributed by atoms with van der Waals surface area (Å²) in [6.45, 7) is 6.38. The summed E-state index contributed by atoms with van der Waals surface area (Å²) in [6, 6.07) is 18.8. The number of rotatable bonds is 13. The molecular formula is C23H32NO4P. The van der Waals surface area contributed by atoms with Crippen LogP contribution in [0.25, 0.3) is 0 Å². The van der Waals surface area contributed by atoms with E-state index in [4.69, 9.17) is 9.05 Å². The van der Waals surface area contributed by atoms with Crippen LogP contribution in [0.1, 0.15) is 44.7 Å². The molecule has 2 aromatic rings. The summed E-state index contributed by atoms with van der Waals surface area (Å²) in [5.74, 6) is -0.228. The minimum atomic E-state index is -3.54. The summed E-state index contributed by atoms with van der Waals surface area (Å²) in [6.07, 6.45) is 2.06. The highest BCUT2D eigenvalue weighted by molar-refractivity contribution is 7.54. The Morgan fingerprint density at radius 2 is 1.41 bits per heavy atom. The molecule has 0 aromatic heterocycles. The third-order valence-corrected chi connectivity index (χ3v) is 6.83. The van der Waals surface area contributed by atoms with Gasteiger partial charge in [0, 0.05) is 0 Å². The minimum Gasteiger partial charge on any atom is -0.303 e. The van der Waals surface area contributed by atoms with Gasteiger partial charge in [0.25, 0.3) is 0 Å². The molecule has 158 valence electrons. The average molecular weight is 417 g/mol. The highest BCUT2D eigenvalue weighted by atomic mass is 31.2. The smallest absolute Gasteiger partial charge is 0.303 e. The molecule has 5 nitrogen and oxygen atoms in total. The van der Waals surface area contributed by atoms with E-state index in [0.717, 1.165) is 17.4 Å². The van der Waals surface area contributed by atoms with Crippen molar-refractivity contribution in [3.8, 4) is 0 Å². The molecule has 0 aliphatic carbocycles. The lowest BCUT2D eigenvalue weighted by Crippen LogP contribution is -2.40. The van der Waals surface area contributed by atoms with Crippen LogP contribution in [-0.2, 0) is 31.6 Å². The molecule has 2 aromatic carbocycles. The van der Waals surface area contributed by atoms with E-state index in [2.05, 4.69) is 19.2 Å². The number of aldehydes is 1. The molecule has 29 heavy (non-hydrogen) atoms. The molecule has 2 atom stereocenters. The van der Waals surface area contributed by atoms with E-state index in [0.29, 0.717) is 18.8 Å². The van der Waals surface area contributed by atoms with Gasteiger partial charge in [-0.05, 0) is 29.9 Å². The summed E-state index contributed by atoms with van der Waals surface area (Å²) in [5.41, 5.74) is 1.83. The number of carbonyl (C=O) groups excluding carboxylic acids is 1. The van der Waals surface area contributed by atoms with Gasteiger partial charge in [0.15, 0.2) is 0 Å². The molecule has 1 N–H and O–H groups in total. The quantitative estimate of drug-likeness (QED) is 0.342. The molecule has 0 saturated heterocycles. The number of hydrogen-bond donors (Lipinski definition) is 1. The molecular weight excluding hydrogens is 385 g/mol. The summed E-state index contributed by atoms with van der Waals surface area (Å²) < 4.78 is 25.6. The van der Waals surface area contributed by atoms with Crippen molar-refractivity contribution in [2.24, 2.45) is 5.92 Å². The van der Waals surface area contributed by atoms with Crippen molar-refractivity contribution in [3.05, 3.63) is 71.8 Å². The van der Waals surface area contributed by atoms with Crippen LogP contribution in [0.5, 0.6) is 0 Å². The van der Waals surface area contributed by atoms with Gasteiger partial charge in [-0.1, -0.05) is 81.4 Å². The number of hydrogen-bond acceptors (Lipinski definition) is 5. The Hall–Kier alpha value is -1.78. The van der Waals surface area contributed by atoms with E-state index in [1.807, 2.05) is 67.6 Å². The van der Waals surface area contributed by atoms with Crippen LogP contribution in [0, 0.1) is 5.92 Å². The van der Waals surface area contributed by atoms with Gasteiger partial charge in [0.05, 0.1) is 19.3 Å². The SMILES string of the molecule is CC[C@H](N[C@H](C=O)CC(C)C)P(=O)(OCc1ccccc1)OCc1ccccc1. The van der Waals surface area contributed by atoms with Gasteiger partial charge in [-0.15, -0.1) is 0 Å². The second-order valence-corrected chi connectivity index (χ2v) is 9.74. The van der Waals surface area contributed by atoms with E-state index in [-0.39, 0.29) is 13.2 Å². The predicted molar refractivity (Wildman–Crippen MR) is 117 cm³/mol. The summed E-state index contributed by atoms with van der Waals surface area (Å²) >= 11 is 0. The van der Waals surface area contributed by atoms with Crippen molar-refractivity contribution in [1.29, 1.82) is 0 Å². The van der Waals surface area contributed by atoms with Gasteiger partial charge in [0.1, 0.15) is 12.1 Å². The third-order valence-electron chi connectivity index (χ3n) is 4.57. The molecule has 0 spiro atoms. The van der Waals surface area contributed by atoms with Crippen LogP contribution >= 0.6 is 7.60 Å². The third kappa shape index (κ3) is 7.87. The number of nitrogens with one attached hydrogen (secondary N) is 1. The average Bonchev–Trinajstić information content (AvgIpc) is 2.75. The Bertz CT molecular complexity index is 719. The number of benzene rings is 2. The van der Waals surface area contributed by atoms with Gasteiger partial charge in [-0.25, -0.2) is 0 Å². The number of carbonyl (C=O) groups is 1. The van der Waals surface area contributed by atoms with Crippen LogP contribution in [-0.4, -0.2) is 18.1 Å². The summed E-state index contributed by atoms with van der Waals surface area (Å²) in [7, 11) is -3.54. The lowest BCUT2D eigenvalue weighted by Gasteiger charge is -2.29. The lowest BCUT2D eigenvalue weighted by atomic mass is 10.1. The highest BCUT2D eigenvalue weighted by Crippen LogP contribution is 2.54. The molecule has 6 heteroatoms. The maximum atomic E-state index is 13.8. The molecule has 2 rings (SSSR count). The zero-order valence-corrected chi connectivity index (χ0v) is 18.4. The standard InChI is InChI=1S/C23H32NO4P/c1-4-23(24-22(16-25)15-19(2)3)29(26,27-17-20-11-7-5-8-12-20)28-18-21-13-9-6-10-14-21/h5-14,16,19,22-24H,4,15,17-18H2,1-3H3/t22-,23+/m0/s1. The molecule has 0 heterocycles. The topological polar surface area (TPSA) is 64.6 Å². The Labute approximate surface area is 174 Å². The van der Waals surface area contributed by atoms with E-state index in [1.165, 1.54) is 0 Å². The van der Waals surface area contributed by atoms with Gasteiger partial charge in [-0.3, -0.25) is 9.88 Å². The lowest BCUT2D eigenvalue weighted by molar-refractivity contribution is -0.110. The fourth-order valence-electron chi connectivity index (χ4n) is 3.05. The van der Waals surface area contributed by atoms with E-state index in [1.54, 1.807) is 0 Å². The van der Waals surface area contributed by atoms with E-state index in [9.17, 15) is 9.36 Å². The van der Waals surface area contributed by atoms with Crippen molar-refractivity contribution in [2.75, 3.05) is 0 Å². The van der Waals surface area contributed by atoms with Crippen molar-refractivity contribution in [3.63, 3.8) is 0 Å². The second-order valence-electron chi connectivity index (χ2n) is 7.52. The Balaban J connectivity index is 2.17. The van der Waals surface area contributed by atoms with Crippen molar-refractivity contribution in [1.82, 2.24) is 5.32 Å². The first kappa shape index (κ1) is 23.5. The van der Waals surface area contributed by atoms with Crippen LogP contribution in [0.2, 0.25) is 0 Å². The zero-order chi connectivity index (χ0) is 21.1. The monoisotopic (exact) mass is 417 g/mol. The Morgan fingerprint density at radius 1 is 0.931 bits per heavy atom. The molecule has 0 bridgehead atoms. The largest absolute Gasteiger partial charge is 0.348 e. The van der Waals surface area contributed by atoms with Gasteiger partial charge >= 0.3 is 7.60 Å². The van der Waals surface area contributed by atoms with Crippen LogP contribution in [0.15, 0.2) is 60.7 Å². The predicted octanol–water partition coefficient (Wildman–Crippen LogP) is 5.55. The minimum absolute atomic E-state index is 0.182. The molecule has 0 aliphatic rings. The van der Waals surface area contributed by atoms with E-state index < -0.39 is 19.4 Å². The van der Waals surface area contributed by atoms with Crippen LogP contribution in [0.4, 0.5) is 0 Å². The molecule has 0 fully saturated rings. The molecule has 0 aliphatic heterocycles. The molecule has 0 saturated carbocycles. The van der Waals surface area contributed by atoms with Gasteiger partial charge in [0.2, 0.25) is 0 Å². The molecule has 0 amide bonds. The zero-order valence-electron chi connectivity index (χ0n) is 17.5. The Morgan fingerprint density at radius 3 is 1.79 bits per heavy atom. The highest BCUT2D eigenvalue weighted by Gasteiger charge is 2.36. The molecule has 0 radical (unpaired) electrons. The fourth-order valence-corrected chi connectivity index (χ4v) is 4.96. The maximum Gasteiger partial charge on any atom is 0.348 e. The van der Waals surface area contributed by atoms with Gasteiger partial charge in [-0.2, -0.15) is 0 Å². The first-order chi connectivity index (χ1) is 14.0. The van der Waals surface area contributed by atoms with Crippen LogP contribution < -0.4 is 5.32 Å².